The molecule has 0 saturated carbocycles. The zero-order valence-corrected chi connectivity index (χ0v) is 59.5. The van der Waals surface area contributed by atoms with Crippen LogP contribution in [0.3, 0.4) is 0 Å². The van der Waals surface area contributed by atoms with E-state index in [0.717, 1.165) is 128 Å². The van der Waals surface area contributed by atoms with Crippen LogP contribution in [-0.4, -0.2) is 69.4 Å². The van der Waals surface area contributed by atoms with Crippen LogP contribution in [0.4, 0.5) is 0 Å². The van der Waals surface area contributed by atoms with Crippen LogP contribution in [0.25, 0.3) is 0 Å². The van der Waals surface area contributed by atoms with Crippen molar-refractivity contribution in [2.45, 2.75) is 328 Å². The minimum absolute atomic E-state index is 0.0301. The summed E-state index contributed by atoms with van der Waals surface area (Å²) in [6, 6.07) is -0.904. The van der Waals surface area contributed by atoms with Crippen LogP contribution in [0.5, 0.6) is 0 Å². The number of ether oxygens (including phenoxy) is 1. The molecular weight excluding hydrogens is 1120 g/mol. The maximum atomic E-state index is 13.6. The van der Waals surface area contributed by atoms with E-state index in [0.29, 0.717) is 23.9 Å². The normalized spacial score (nSPS) is 14.2. The largest absolute Gasteiger partial charge is 0.756 e. The van der Waals surface area contributed by atoms with Gasteiger partial charge in [0.15, 0.2) is 0 Å². The van der Waals surface area contributed by atoms with E-state index in [1.54, 1.807) is 0 Å². The number of esters is 1. The number of carbonyl (C=O) groups is 2. The molecule has 0 aromatic rings. The Morgan fingerprint density at radius 1 is 0.404 bits per heavy atom. The molecule has 0 bridgehead atoms. The number of rotatable bonds is 66. The molecule has 0 aliphatic heterocycles. The van der Waals surface area contributed by atoms with Crippen LogP contribution in [0.15, 0.2) is 122 Å². The first kappa shape index (κ1) is 85.4. The molecule has 0 aromatic carbocycles. The highest BCUT2D eigenvalue weighted by Crippen LogP contribution is 2.38. The SMILES string of the molecule is CC/C=C\C/C=C\C/C=C\C/C=C\C/C=C\C/C=C\CCCCCCCCC(=O)OC(/C=C/CCCCCCCCCCC)C(COP(=O)([O-])OCC[N+](C)(C)C)NC(=O)CCCCCCCCCCCCCCCC/C=C\C/C=C\C/C=C\CCCCC. The van der Waals surface area contributed by atoms with Crippen LogP contribution < -0.4 is 10.2 Å². The van der Waals surface area contributed by atoms with Crippen molar-refractivity contribution >= 4 is 19.7 Å². The second-order valence-electron chi connectivity index (χ2n) is 25.7. The molecule has 89 heavy (non-hydrogen) atoms. The predicted molar refractivity (Wildman–Crippen MR) is 385 cm³/mol. The van der Waals surface area contributed by atoms with Gasteiger partial charge in [-0.15, -0.1) is 0 Å². The van der Waals surface area contributed by atoms with Crippen LogP contribution in [0.2, 0.25) is 0 Å². The molecule has 0 rings (SSSR count). The second-order valence-corrected chi connectivity index (χ2v) is 27.1. The monoisotopic (exact) mass is 1260 g/mol. The third-order valence-electron chi connectivity index (χ3n) is 15.9. The van der Waals surface area contributed by atoms with Gasteiger partial charge in [-0.3, -0.25) is 14.2 Å². The number of phosphoric acid groups is 1. The molecule has 3 atom stereocenters. The zero-order valence-electron chi connectivity index (χ0n) is 58.6. The highest BCUT2D eigenvalue weighted by atomic mass is 31.2. The van der Waals surface area contributed by atoms with Crippen molar-refractivity contribution in [2.24, 2.45) is 0 Å². The van der Waals surface area contributed by atoms with Crippen molar-refractivity contribution in [1.29, 1.82) is 0 Å². The summed E-state index contributed by atoms with van der Waals surface area (Å²) in [6.45, 7) is 6.70. The van der Waals surface area contributed by atoms with Crippen molar-refractivity contribution in [1.82, 2.24) is 5.32 Å². The Labute approximate surface area is 550 Å². The summed E-state index contributed by atoms with van der Waals surface area (Å²) >= 11 is 0. The quantitative estimate of drug-likeness (QED) is 0.0212. The Balaban J connectivity index is 5.02. The van der Waals surface area contributed by atoms with Gasteiger partial charge in [-0.1, -0.05) is 303 Å². The molecular formula is C79H139N2O7P. The highest BCUT2D eigenvalue weighted by molar-refractivity contribution is 7.45. The van der Waals surface area contributed by atoms with E-state index < -0.39 is 26.6 Å². The fourth-order valence-corrected chi connectivity index (χ4v) is 11.0. The van der Waals surface area contributed by atoms with Crippen molar-refractivity contribution < 1.29 is 37.3 Å². The lowest BCUT2D eigenvalue weighted by Gasteiger charge is -2.30. The first-order chi connectivity index (χ1) is 43.4. The van der Waals surface area contributed by atoms with Crippen molar-refractivity contribution in [3.63, 3.8) is 0 Å². The Bertz CT molecular complexity index is 1940. The molecule has 512 valence electrons. The Morgan fingerprint density at radius 2 is 0.719 bits per heavy atom. The standard InChI is InChI=1S/C79H139N2O7P/c1-7-10-13-16-19-22-25-27-29-31-33-35-37-39-40-42-43-45-47-49-51-53-56-59-62-65-68-71-78(82)80-76(75-87-89(84,85)86-74-73-81(4,5)6)77(70-67-64-61-58-55-24-21-18-15-12-9-3)88-79(83)72-69-66-63-60-57-54-52-50-48-46-44-41-38-36-34-32-30-28-26-23-20-17-14-11-8-2/h11,14,19-20,22-23,27-30,33-36,41,44,48,50,67,70,76-77H,7-10,12-13,15-18,21,24-26,31-32,37-40,42-43,45-47,49,51-66,68-69,71-75H2,1-6H3,(H-,80,82,84,85)/b14-11-,22-19-,23-20-,29-27-,30-28-,35-33-,36-34-,44-41-,50-48-,70-67+. The van der Waals surface area contributed by atoms with Crippen LogP contribution in [0, 0.1) is 0 Å². The first-order valence-corrected chi connectivity index (χ1v) is 38.3. The van der Waals surface area contributed by atoms with Crippen molar-refractivity contribution in [3.8, 4) is 0 Å². The van der Waals surface area contributed by atoms with Crippen LogP contribution in [0.1, 0.15) is 316 Å². The molecule has 0 saturated heterocycles. The minimum Gasteiger partial charge on any atom is -0.756 e. The molecule has 10 heteroatoms. The number of likely N-dealkylation sites (N-methyl/N-ethyl adjacent to an activating group) is 1. The molecule has 1 amide bonds. The molecule has 0 radical (unpaired) electrons. The van der Waals surface area contributed by atoms with E-state index in [-0.39, 0.29) is 24.9 Å². The van der Waals surface area contributed by atoms with Crippen molar-refractivity contribution in [2.75, 3.05) is 40.9 Å². The topological polar surface area (TPSA) is 114 Å². The number of unbranched alkanes of at least 4 members (excludes halogenated alkanes) is 32. The molecule has 0 heterocycles. The number of amides is 1. The van der Waals surface area contributed by atoms with Gasteiger partial charge >= 0.3 is 5.97 Å². The smallest absolute Gasteiger partial charge is 0.306 e. The lowest BCUT2D eigenvalue weighted by atomic mass is 10.0. The number of quaternary nitrogens is 1. The van der Waals surface area contributed by atoms with E-state index in [4.69, 9.17) is 13.8 Å². The number of nitrogens with zero attached hydrogens (tertiary/aromatic N) is 1. The molecule has 0 fully saturated rings. The second kappa shape index (κ2) is 67.3. The van der Waals surface area contributed by atoms with Crippen LogP contribution in [-0.2, 0) is 27.9 Å². The first-order valence-electron chi connectivity index (χ1n) is 36.8. The summed E-state index contributed by atoms with van der Waals surface area (Å²) in [7, 11) is 1.17. The summed E-state index contributed by atoms with van der Waals surface area (Å²) in [5.41, 5.74) is 0. The molecule has 0 aromatic heterocycles. The van der Waals surface area contributed by atoms with E-state index in [1.165, 1.54) is 148 Å². The van der Waals surface area contributed by atoms with Gasteiger partial charge in [0, 0.05) is 12.8 Å². The van der Waals surface area contributed by atoms with E-state index in [1.807, 2.05) is 33.3 Å². The minimum atomic E-state index is -4.72. The third kappa shape index (κ3) is 68.6. The summed E-state index contributed by atoms with van der Waals surface area (Å²) in [5, 5.41) is 3.04. The van der Waals surface area contributed by atoms with E-state index in [9.17, 15) is 19.0 Å². The fourth-order valence-electron chi connectivity index (χ4n) is 10.2. The van der Waals surface area contributed by atoms with Gasteiger partial charge in [0.05, 0.1) is 33.8 Å². The van der Waals surface area contributed by atoms with Crippen LogP contribution >= 0.6 is 7.82 Å². The third-order valence-corrected chi connectivity index (χ3v) is 16.8. The van der Waals surface area contributed by atoms with Gasteiger partial charge in [0.2, 0.25) is 5.91 Å². The number of hydrogen-bond acceptors (Lipinski definition) is 7. The highest BCUT2D eigenvalue weighted by Gasteiger charge is 2.27. The zero-order chi connectivity index (χ0) is 64.9. The summed E-state index contributed by atoms with van der Waals surface area (Å²) < 4.78 is 30.4. The Hall–Kier alpha value is -3.59. The van der Waals surface area contributed by atoms with E-state index in [2.05, 4.69) is 135 Å². The summed E-state index contributed by atoms with van der Waals surface area (Å²) in [6.07, 6.45) is 94.7. The maximum absolute atomic E-state index is 13.6. The molecule has 0 aliphatic carbocycles. The molecule has 3 unspecified atom stereocenters. The van der Waals surface area contributed by atoms with Gasteiger partial charge in [-0.2, -0.15) is 0 Å². The van der Waals surface area contributed by atoms with Crippen molar-refractivity contribution in [3.05, 3.63) is 122 Å². The maximum Gasteiger partial charge on any atom is 0.306 e. The molecule has 0 aliphatic rings. The van der Waals surface area contributed by atoms with Gasteiger partial charge in [-0.25, -0.2) is 0 Å². The number of hydrogen-bond donors (Lipinski definition) is 1. The Kier molecular flexibility index (Phi) is 64.6. The predicted octanol–water partition coefficient (Wildman–Crippen LogP) is 23.2. The van der Waals surface area contributed by atoms with Gasteiger partial charge in [0.1, 0.15) is 19.3 Å². The lowest BCUT2D eigenvalue weighted by Crippen LogP contribution is -2.47. The van der Waals surface area contributed by atoms with Gasteiger partial charge in [0.25, 0.3) is 7.82 Å². The average molecular weight is 1260 g/mol. The average Bonchev–Trinajstić information content (AvgIpc) is 3.64. The number of phosphoric ester groups is 1. The van der Waals surface area contributed by atoms with Gasteiger partial charge in [-0.05, 0) is 122 Å². The number of carbonyl (C=O) groups excluding carboxylic acids is 2. The van der Waals surface area contributed by atoms with E-state index >= 15 is 0 Å². The lowest BCUT2D eigenvalue weighted by molar-refractivity contribution is -0.870. The number of allylic oxidation sites excluding steroid dienone is 19. The fraction of sp³-hybridized carbons (Fsp3) is 0.722. The number of nitrogens with one attached hydrogen (secondary N) is 1. The summed E-state index contributed by atoms with van der Waals surface area (Å²) in [5.74, 6) is -0.559. The van der Waals surface area contributed by atoms with Gasteiger partial charge < -0.3 is 28.5 Å². The molecule has 1 N–H and O–H groups in total. The Morgan fingerprint density at radius 3 is 1.10 bits per heavy atom. The summed E-state index contributed by atoms with van der Waals surface area (Å²) in [4.78, 5) is 40.2. The molecule has 9 nitrogen and oxygen atoms in total. The molecule has 0 spiro atoms.